The molecule has 1 heterocycles. The second-order valence-corrected chi connectivity index (χ2v) is 4.13. The lowest BCUT2D eigenvalue weighted by molar-refractivity contribution is 0.531. The summed E-state index contributed by atoms with van der Waals surface area (Å²) < 4.78 is 0. The van der Waals surface area contributed by atoms with E-state index < -0.39 is 0 Å². The molecule has 0 aliphatic carbocycles. The molecule has 0 aliphatic heterocycles. The fraction of sp³-hybridized carbons (Fsp3) is 0.667. The van der Waals surface area contributed by atoms with Gasteiger partial charge >= 0.3 is 0 Å². The van der Waals surface area contributed by atoms with Crippen LogP contribution in [-0.2, 0) is 6.42 Å². The van der Waals surface area contributed by atoms with Crippen molar-refractivity contribution in [3.63, 3.8) is 0 Å². The predicted molar refractivity (Wildman–Crippen MR) is 63.0 cm³/mol. The zero-order chi connectivity index (χ0) is 11.3. The minimum absolute atomic E-state index is 0.450. The van der Waals surface area contributed by atoms with Crippen LogP contribution in [0.1, 0.15) is 37.5 Å². The van der Waals surface area contributed by atoms with E-state index in [0.717, 1.165) is 36.6 Å². The zero-order valence-electron chi connectivity index (χ0n) is 10.2. The van der Waals surface area contributed by atoms with E-state index in [4.69, 9.17) is 0 Å². The summed E-state index contributed by atoms with van der Waals surface area (Å²) >= 11 is 0. The molecule has 0 radical (unpaired) electrons. The lowest BCUT2D eigenvalue weighted by Crippen LogP contribution is -2.29. The van der Waals surface area contributed by atoms with Crippen LogP contribution >= 0.6 is 0 Å². The summed E-state index contributed by atoms with van der Waals surface area (Å²) in [6, 6.07) is 2.46. The number of nitrogens with zero attached hydrogens (tertiary/aromatic N) is 2. The smallest absolute Gasteiger partial charge is 0.130 e. The maximum absolute atomic E-state index is 4.43. The average molecular weight is 207 g/mol. The molecule has 15 heavy (non-hydrogen) atoms. The van der Waals surface area contributed by atoms with Gasteiger partial charge in [-0.05, 0) is 39.8 Å². The van der Waals surface area contributed by atoms with E-state index in [1.54, 1.807) is 0 Å². The van der Waals surface area contributed by atoms with Crippen LogP contribution in [0.15, 0.2) is 6.07 Å². The maximum atomic E-state index is 4.43. The molecule has 84 valence electrons. The third-order valence-corrected chi connectivity index (χ3v) is 2.26. The number of aromatic nitrogens is 2. The van der Waals surface area contributed by atoms with Gasteiger partial charge in [-0.25, -0.2) is 9.97 Å². The van der Waals surface area contributed by atoms with Crippen LogP contribution in [0.4, 0.5) is 0 Å². The van der Waals surface area contributed by atoms with Crippen molar-refractivity contribution in [2.24, 2.45) is 0 Å². The summed E-state index contributed by atoms with van der Waals surface area (Å²) in [5.41, 5.74) is 2.11. The summed E-state index contributed by atoms with van der Waals surface area (Å²) in [6.45, 7) is 9.44. The molecule has 0 fully saturated rings. The minimum Gasteiger partial charge on any atom is -0.314 e. The molecule has 1 aromatic heterocycles. The molecule has 0 aliphatic rings. The Morgan fingerprint density at radius 3 is 2.40 bits per heavy atom. The van der Waals surface area contributed by atoms with Gasteiger partial charge in [0.2, 0.25) is 0 Å². The van der Waals surface area contributed by atoms with Crippen LogP contribution in [0.25, 0.3) is 0 Å². The highest BCUT2D eigenvalue weighted by Gasteiger charge is 2.05. The first-order valence-electron chi connectivity index (χ1n) is 5.66. The van der Waals surface area contributed by atoms with Crippen LogP contribution in [0.3, 0.4) is 0 Å². The van der Waals surface area contributed by atoms with E-state index >= 15 is 0 Å². The molecule has 1 N–H and O–H groups in total. The van der Waals surface area contributed by atoms with Gasteiger partial charge in [-0.3, -0.25) is 0 Å². The van der Waals surface area contributed by atoms with Crippen molar-refractivity contribution in [3.05, 3.63) is 23.3 Å². The van der Waals surface area contributed by atoms with E-state index in [-0.39, 0.29) is 0 Å². The molecule has 0 amide bonds. The third kappa shape index (κ3) is 4.38. The fourth-order valence-electron chi connectivity index (χ4n) is 1.63. The molecule has 0 bridgehead atoms. The van der Waals surface area contributed by atoms with E-state index in [1.807, 2.05) is 19.9 Å². The van der Waals surface area contributed by atoms with Crippen molar-refractivity contribution >= 4 is 0 Å². The first-order chi connectivity index (χ1) is 7.11. The fourth-order valence-corrected chi connectivity index (χ4v) is 1.63. The first kappa shape index (κ1) is 12.1. The average Bonchev–Trinajstić information content (AvgIpc) is 2.13. The normalized spacial score (nSPS) is 12.8. The molecule has 1 aromatic rings. The highest BCUT2D eigenvalue weighted by Crippen LogP contribution is 2.02. The lowest BCUT2D eigenvalue weighted by atomic mass is 10.2. The van der Waals surface area contributed by atoms with Crippen LogP contribution in [-0.4, -0.2) is 22.6 Å². The first-order valence-corrected chi connectivity index (χ1v) is 5.66. The number of nitrogens with one attached hydrogen (secondary N) is 1. The Morgan fingerprint density at radius 2 is 1.87 bits per heavy atom. The van der Waals surface area contributed by atoms with E-state index in [9.17, 15) is 0 Å². The van der Waals surface area contributed by atoms with Crippen LogP contribution < -0.4 is 5.32 Å². The Bertz CT molecular complexity index is 289. The highest BCUT2D eigenvalue weighted by molar-refractivity contribution is 5.08. The largest absolute Gasteiger partial charge is 0.314 e. The second-order valence-electron chi connectivity index (χ2n) is 4.13. The molecule has 0 saturated carbocycles. The molecular weight excluding hydrogens is 186 g/mol. The predicted octanol–water partition coefficient (Wildman–Crippen LogP) is 2.02. The van der Waals surface area contributed by atoms with Gasteiger partial charge in [0, 0.05) is 23.9 Å². The van der Waals surface area contributed by atoms with Gasteiger partial charge in [-0.15, -0.1) is 0 Å². The van der Waals surface area contributed by atoms with Crippen LogP contribution in [0, 0.1) is 13.8 Å². The third-order valence-electron chi connectivity index (χ3n) is 2.26. The minimum atomic E-state index is 0.450. The van der Waals surface area contributed by atoms with Crippen molar-refractivity contribution < 1.29 is 0 Å². The molecule has 0 saturated heterocycles. The molecule has 3 nitrogen and oxygen atoms in total. The molecule has 1 unspecified atom stereocenters. The second kappa shape index (κ2) is 5.81. The monoisotopic (exact) mass is 207 g/mol. The van der Waals surface area contributed by atoms with Gasteiger partial charge in [-0.2, -0.15) is 0 Å². The molecule has 1 rings (SSSR count). The Morgan fingerprint density at radius 1 is 1.27 bits per heavy atom. The van der Waals surface area contributed by atoms with Gasteiger partial charge in [0.25, 0.3) is 0 Å². The summed E-state index contributed by atoms with van der Waals surface area (Å²) in [4.78, 5) is 8.86. The Balaban J connectivity index is 2.56. The summed E-state index contributed by atoms with van der Waals surface area (Å²) in [5, 5.41) is 3.44. The van der Waals surface area contributed by atoms with Gasteiger partial charge in [0.15, 0.2) is 0 Å². The lowest BCUT2D eigenvalue weighted by Gasteiger charge is -2.12. The SMILES string of the molecule is CCCNC(C)Cc1nc(C)cc(C)n1. The van der Waals surface area contributed by atoms with E-state index in [0.29, 0.717) is 6.04 Å². The quantitative estimate of drug-likeness (QED) is 0.802. The maximum Gasteiger partial charge on any atom is 0.130 e. The molecule has 3 heteroatoms. The number of hydrogen-bond acceptors (Lipinski definition) is 3. The summed E-state index contributed by atoms with van der Waals surface area (Å²) in [6.07, 6.45) is 2.07. The summed E-state index contributed by atoms with van der Waals surface area (Å²) in [7, 11) is 0. The van der Waals surface area contributed by atoms with Crippen molar-refractivity contribution in [2.45, 2.75) is 46.6 Å². The Hall–Kier alpha value is -0.960. The molecular formula is C12H21N3. The van der Waals surface area contributed by atoms with Crippen LogP contribution in [0.5, 0.6) is 0 Å². The van der Waals surface area contributed by atoms with Gasteiger partial charge in [-0.1, -0.05) is 6.92 Å². The summed E-state index contributed by atoms with van der Waals surface area (Å²) in [5.74, 6) is 0.948. The molecule has 0 aromatic carbocycles. The molecule has 1 atom stereocenters. The number of hydrogen-bond donors (Lipinski definition) is 1. The van der Waals surface area contributed by atoms with Gasteiger partial charge in [0.1, 0.15) is 5.82 Å². The van der Waals surface area contributed by atoms with Crippen molar-refractivity contribution in [1.29, 1.82) is 0 Å². The van der Waals surface area contributed by atoms with Crippen molar-refractivity contribution in [3.8, 4) is 0 Å². The standard InChI is InChI=1S/C12H21N3/c1-5-6-13-9(2)8-12-14-10(3)7-11(4)15-12/h7,9,13H,5-6,8H2,1-4H3. The van der Waals surface area contributed by atoms with Crippen LogP contribution in [0.2, 0.25) is 0 Å². The van der Waals surface area contributed by atoms with Gasteiger partial charge in [0.05, 0.1) is 0 Å². The zero-order valence-corrected chi connectivity index (χ0v) is 10.2. The highest BCUT2D eigenvalue weighted by atomic mass is 14.9. The number of aryl methyl sites for hydroxylation is 2. The van der Waals surface area contributed by atoms with E-state index in [2.05, 4.69) is 29.1 Å². The topological polar surface area (TPSA) is 37.8 Å². The van der Waals surface area contributed by atoms with E-state index in [1.165, 1.54) is 0 Å². The Labute approximate surface area is 92.3 Å². The Kier molecular flexibility index (Phi) is 4.69. The number of rotatable bonds is 5. The van der Waals surface area contributed by atoms with Gasteiger partial charge < -0.3 is 5.32 Å². The molecule has 0 spiro atoms. The van der Waals surface area contributed by atoms with Crippen molar-refractivity contribution in [1.82, 2.24) is 15.3 Å². The van der Waals surface area contributed by atoms with Crippen molar-refractivity contribution in [2.75, 3.05) is 6.54 Å².